The van der Waals surface area contributed by atoms with Crippen LogP contribution in [-0.4, -0.2) is 24.0 Å². The van der Waals surface area contributed by atoms with Crippen molar-refractivity contribution in [3.63, 3.8) is 0 Å². The quantitative estimate of drug-likeness (QED) is 0.744. The smallest absolute Gasteiger partial charge is 0.220 e. The predicted octanol–water partition coefficient (Wildman–Crippen LogP) is 0.725. The van der Waals surface area contributed by atoms with Crippen LogP contribution in [0.2, 0.25) is 0 Å². The van der Waals surface area contributed by atoms with Crippen LogP contribution in [0.25, 0.3) is 0 Å². The van der Waals surface area contributed by atoms with Crippen LogP contribution < -0.4 is 11.1 Å². The number of rotatable bonds is 6. The molecule has 0 aliphatic rings. The van der Waals surface area contributed by atoms with E-state index in [1.807, 2.05) is 25.3 Å². The molecule has 0 spiro atoms. The number of hydrogen-bond donors (Lipinski definition) is 2. The van der Waals surface area contributed by atoms with Crippen molar-refractivity contribution >= 4 is 5.91 Å². The molecule has 0 aromatic carbocycles. The van der Waals surface area contributed by atoms with Crippen LogP contribution >= 0.6 is 0 Å². The standard InChI is InChI=1S/C12H19N3O/c1-10(8-13)7-12(16)15-6-4-11-3-2-5-14-9-11/h2-3,5,9-10H,4,6-8,13H2,1H3,(H,15,16). The summed E-state index contributed by atoms with van der Waals surface area (Å²) in [5, 5.41) is 2.87. The van der Waals surface area contributed by atoms with Crippen molar-refractivity contribution in [1.29, 1.82) is 0 Å². The van der Waals surface area contributed by atoms with Crippen molar-refractivity contribution in [2.24, 2.45) is 11.7 Å². The highest BCUT2D eigenvalue weighted by Crippen LogP contribution is 1.99. The average Bonchev–Trinajstić information content (AvgIpc) is 2.30. The number of carbonyl (C=O) groups excluding carboxylic acids is 1. The zero-order chi connectivity index (χ0) is 11.8. The largest absolute Gasteiger partial charge is 0.356 e. The first kappa shape index (κ1) is 12.6. The van der Waals surface area contributed by atoms with Gasteiger partial charge in [0, 0.05) is 25.4 Å². The minimum Gasteiger partial charge on any atom is -0.356 e. The fourth-order valence-corrected chi connectivity index (χ4v) is 1.36. The Kier molecular flexibility index (Phi) is 5.50. The molecule has 0 radical (unpaired) electrons. The summed E-state index contributed by atoms with van der Waals surface area (Å²) in [6, 6.07) is 3.90. The summed E-state index contributed by atoms with van der Waals surface area (Å²) in [4.78, 5) is 15.4. The molecule has 1 atom stereocenters. The molecule has 1 unspecified atom stereocenters. The van der Waals surface area contributed by atoms with Crippen LogP contribution in [0.5, 0.6) is 0 Å². The zero-order valence-corrected chi connectivity index (χ0v) is 9.65. The van der Waals surface area contributed by atoms with E-state index in [4.69, 9.17) is 5.73 Å². The van der Waals surface area contributed by atoms with Crippen LogP contribution in [0.1, 0.15) is 18.9 Å². The predicted molar refractivity (Wildman–Crippen MR) is 63.8 cm³/mol. The molecule has 0 aliphatic heterocycles. The van der Waals surface area contributed by atoms with Crippen molar-refractivity contribution in [3.05, 3.63) is 30.1 Å². The van der Waals surface area contributed by atoms with Gasteiger partial charge in [0.1, 0.15) is 0 Å². The van der Waals surface area contributed by atoms with Gasteiger partial charge in [-0.2, -0.15) is 0 Å². The molecule has 16 heavy (non-hydrogen) atoms. The summed E-state index contributed by atoms with van der Waals surface area (Å²) in [6.07, 6.45) is 4.87. The monoisotopic (exact) mass is 221 g/mol. The molecule has 4 heteroatoms. The molecule has 1 amide bonds. The highest BCUT2D eigenvalue weighted by Gasteiger charge is 2.06. The number of amides is 1. The van der Waals surface area contributed by atoms with Gasteiger partial charge in [-0.15, -0.1) is 0 Å². The molecule has 4 nitrogen and oxygen atoms in total. The van der Waals surface area contributed by atoms with E-state index in [9.17, 15) is 4.79 Å². The van der Waals surface area contributed by atoms with Gasteiger partial charge in [-0.25, -0.2) is 0 Å². The van der Waals surface area contributed by atoms with Gasteiger partial charge in [0.05, 0.1) is 0 Å². The third-order valence-electron chi connectivity index (χ3n) is 2.39. The topological polar surface area (TPSA) is 68.0 Å². The van der Waals surface area contributed by atoms with Gasteiger partial charge in [0.2, 0.25) is 5.91 Å². The molecular weight excluding hydrogens is 202 g/mol. The maximum absolute atomic E-state index is 11.4. The molecule has 0 saturated carbocycles. The zero-order valence-electron chi connectivity index (χ0n) is 9.65. The van der Waals surface area contributed by atoms with Crippen LogP contribution in [0.4, 0.5) is 0 Å². The van der Waals surface area contributed by atoms with Crippen LogP contribution in [0.15, 0.2) is 24.5 Å². The van der Waals surface area contributed by atoms with E-state index in [0.717, 1.165) is 12.0 Å². The number of carbonyl (C=O) groups is 1. The number of aromatic nitrogens is 1. The van der Waals surface area contributed by atoms with Gasteiger partial charge in [-0.05, 0) is 30.5 Å². The number of nitrogens with zero attached hydrogens (tertiary/aromatic N) is 1. The third kappa shape index (κ3) is 4.89. The highest BCUT2D eigenvalue weighted by atomic mass is 16.1. The van der Waals surface area contributed by atoms with Crippen LogP contribution in [-0.2, 0) is 11.2 Å². The minimum atomic E-state index is 0.0711. The van der Waals surface area contributed by atoms with Gasteiger partial charge in [0.15, 0.2) is 0 Å². The third-order valence-corrected chi connectivity index (χ3v) is 2.39. The van der Waals surface area contributed by atoms with E-state index < -0.39 is 0 Å². The first-order valence-corrected chi connectivity index (χ1v) is 5.58. The van der Waals surface area contributed by atoms with E-state index in [0.29, 0.717) is 19.5 Å². The van der Waals surface area contributed by atoms with Gasteiger partial charge in [-0.1, -0.05) is 13.0 Å². The van der Waals surface area contributed by atoms with Crippen LogP contribution in [0, 0.1) is 5.92 Å². The van der Waals surface area contributed by atoms with Crippen molar-refractivity contribution in [1.82, 2.24) is 10.3 Å². The highest BCUT2D eigenvalue weighted by molar-refractivity contribution is 5.76. The number of pyridine rings is 1. The molecule has 0 saturated heterocycles. The minimum absolute atomic E-state index is 0.0711. The van der Waals surface area contributed by atoms with E-state index in [-0.39, 0.29) is 11.8 Å². The molecule has 1 aromatic heterocycles. The average molecular weight is 221 g/mol. The second-order valence-electron chi connectivity index (χ2n) is 4.01. The Bertz CT molecular complexity index is 313. The van der Waals surface area contributed by atoms with Gasteiger partial charge < -0.3 is 11.1 Å². The molecule has 0 fully saturated rings. The molecule has 3 N–H and O–H groups in total. The fourth-order valence-electron chi connectivity index (χ4n) is 1.36. The van der Waals surface area contributed by atoms with Crippen molar-refractivity contribution in [2.45, 2.75) is 19.8 Å². The number of nitrogens with two attached hydrogens (primary N) is 1. The molecular formula is C12H19N3O. The van der Waals surface area contributed by atoms with Gasteiger partial charge >= 0.3 is 0 Å². The summed E-state index contributed by atoms with van der Waals surface area (Å²) in [7, 11) is 0. The summed E-state index contributed by atoms with van der Waals surface area (Å²) >= 11 is 0. The maximum Gasteiger partial charge on any atom is 0.220 e. The lowest BCUT2D eigenvalue weighted by Gasteiger charge is -2.08. The van der Waals surface area contributed by atoms with Crippen LogP contribution in [0.3, 0.4) is 0 Å². The van der Waals surface area contributed by atoms with E-state index in [1.54, 1.807) is 6.20 Å². The lowest BCUT2D eigenvalue weighted by molar-refractivity contribution is -0.121. The van der Waals surface area contributed by atoms with Crippen molar-refractivity contribution in [2.75, 3.05) is 13.1 Å². The van der Waals surface area contributed by atoms with Crippen molar-refractivity contribution < 1.29 is 4.79 Å². The molecule has 0 bridgehead atoms. The molecule has 88 valence electrons. The van der Waals surface area contributed by atoms with E-state index in [1.165, 1.54) is 0 Å². The normalized spacial score (nSPS) is 12.1. The van der Waals surface area contributed by atoms with Gasteiger partial charge in [-0.3, -0.25) is 9.78 Å². The first-order valence-electron chi connectivity index (χ1n) is 5.58. The molecule has 1 heterocycles. The second kappa shape index (κ2) is 6.95. The second-order valence-corrected chi connectivity index (χ2v) is 4.01. The van der Waals surface area contributed by atoms with E-state index >= 15 is 0 Å². The summed E-state index contributed by atoms with van der Waals surface area (Å²) in [5.41, 5.74) is 6.59. The Morgan fingerprint density at radius 3 is 3.06 bits per heavy atom. The summed E-state index contributed by atoms with van der Waals surface area (Å²) in [6.45, 7) is 3.18. The SMILES string of the molecule is CC(CN)CC(=O)NCCc1cccnc1. The Labute approximate surface area is 96.3 Å². The number of hydrogen-bond acceptors (Lipinski definition) is 3. The van der Waals surface area contributed by atoms with Gasteiger partial charge in [0.25, 0.3) is 0 Å². The Hall–Kier alpha value is -1.42. The summed E-state index contributed by atoms with van der Waals surface area (Å²) in [5.74, 6) is 0.320. The lowest BCUT2D eigenvalue weighted by atomic mass is 10.1. The maximum atomic E-state index is 11.4. The van der Waals surface area contributed by atoms with Crippen molar-refractivity contribution in [3.8, 4) is 0 Å². The van der Waals surface area contributed by atoms with E-state index in [2.05, 4.69) is 10.3 Å². The number of nitrogens with one attached hydrogen (secondary N) is 1. The lowest BCUT2D eigenvalue weighted by Crippen LogP contribution is -2.28. The Morgan fingerprint density at radius 2 is 2.44 bits per heavy atom. The molecule has 1 aromatic rings. The molecule has 1 rings (SSSR count). The summed E-state index contributed by atoms with van der Waals surface area (Å²) < 4.78 is 0. The Morgan fingerprint density at radius 1 is 1.62 bits per heavy atom. The molecule has 0 aliphatic carbocycles. The first-order chi connectivity index (χ1) is 7.72. The Balaban J connectivity index is 2.18. The fraction of sp³-hybridized carbons (Fsp3) is 0.500.